The molecular formula is C13H14O6. The Labute approximate surface area is 110 Å². The molecule has 0 spiro atoms. The van der Waals surface area contributed by atoms with Gasteiger partial charge in [-0.25, -0.2) is 0 Å². The second kappa shape index (κ2) is 7.15. The van der Waals surface area contributed by atoms with Gasteiger partial charge in [0.15, 0.2) is 12.4 Å². The molecule has 0 bridgehead atoms. The molecule has 0 aliphatic heterocycles. The maximum absolute atomic E-state index is 11.7. The second-order valence-electron chi connectivity index (χ2n) is 3.57. The van der Waals surface area contributed by atoms with Crippen molar-refractivity contribution in [2.75, 3.05) is 20.8 Å². The van der Waals surface area contributed by atoms with Gasteiger partial charge in [-0.2, -0.15) is 0 Å². The van der Waals surface area contributed by atoms with Crippen LogP contribution in [-0.2, 0) is 19.1 Å². The molecule has 0 aliphatic carbocycles. The molecule has 0 aromatic heterocycles. The molecule has 0 saturated heterocycles. The molecule has 0 unspecified atom stereocenters. The summed E-state index contributed by atoms with van der Waals surface area (Å²) in [4.78, 5) is 33.6. The van der Waals surface area contributed by atoms with Crippen LogP contribution in [0.1, 0.15) is 16.8 Å². The Kier molecular flexibility index (Phi) is 5.53. The molecule has 0 N–H and O–H groups in total. The predicted molar refractivity (Wildman–Crippen MR) is 64.9 cm³/mol. The van der Waals surface area contributed by atoms with E-state index in [1.165, 1.54) is 7.11 Å². The summed E-state index contributed by atoms with van der Waals surface area (Å²) in [5, 5.41) is 0. The largest absolute Gasteiger partial charge is 0.497 e. The van der Waals surface area contributed by atoms with Crippen molar-refractivity contribution in [1.82, 2.24) is 0 Å². The Morgan fingerprint density at radius 3 is 2.16 bits per heavy atom. The molecule has 0 aliphatic rings. The van der Waals surface area contributed by atoms with Crippen LogP contribution in [-0.4, -0.2) is 38.5 Å². The Bertz CT molecular complexity index is 463. The van der Waals surface area contributed by atoms with Crippen molar-refractivity contribution in [1.29, 1.82) is 0 Å². The average Bonchev–Trinajstić information content (AvgIpc) is 2.44. The first-order chi connectivity index (χ1) is 9.06. The van der Waals surface area contributed by atoms with Crippen LogP contribution < -0.4 is 4.74 Å². The summed E-state index contributed by atoms with van der Waals surface area (Å²) < 4.78 is 13.9. The molecular weight excluding hydrogens is 252 g/mol. The van der Waals surface area contributed by atoms with Crippen LogP contribution in [0, 0.1) is 0 Å². The van der Waals surface area contributed by atoms with Crippen molar-refractivity contribution < 1.29 is 28.6 Å². The van der Waals surface area contributed by atoms with Gasteiger partial charge in [-0.1, -0.05) is 0 Å². The smallest absolute Gasteiger partial charge is 0.317 e. The lowest BCUT2D eigenvalue weighted by atomic mass is 10.1. The number of methoxy groups -OCH3 is 2. The molecule has 0 saturated carbocycles. The third kappa shape index (κ3) is 4.79. The average molecular weight is 266 g/mol. The number of ketones is 1. The van der Waals surface area contributed by atoms with Crippen molar-refractivity contribution >= 4 is 17.7 Å². The molecule has 6 nitrogen and oxygen atoms in total. The monoisotopic (exact) mass is 266 g/mol. The lowest BCUT2D eigenvalue weighted by Crippen LogP contribution is -2.17. The highest BCUT2D eigenvalue weighted by Gasteiger charge is 2.13. The molecule has 102 valence electrons. The summed E-state index contributed by atoms with van der Waals surface area (Å²) in [7, 11) is 2.68. The minimum absolute atomic E-state index is 0.360. The second-order valence-corrected chi connectivity index (χ2v) is 3.57. The van der Waals surface area contributed by atoms with Crippen molar-refractivity contribution in [3.05, 3.63) is 29.8 Å². The quantitative estimate of drug-likeness (QED) is 0.434. The van der Waals surface area contributed by atoms with Crippen molar-refractivity contribution in [2.24, 2.45) is 0 Å². The van der Waals surface area contributed by atoms with Gasteiger partial charge in [-0.3, -0.25) is 14.4 Å². The molecule has 1 aromatic carbocycles. The summed E-state index contributed by atoms with van der Waals surface area (Å²) in [6.07, 6.45) is -0.508. The molecule has 19 heavy (non-hydrogen) atoms. The number of carbonyl (C=O) groups is 3. The van der Waals surface area contributed by atoms with Gasteiger partial charge in [0, 0.05) is 5.56 Å². The number of carbonyl (C=O) groups excluding carboxylic acids is 3. The first-order valence-electron chi connectivity index (χ1n) is 5.46. The molecule has 1 rings (SSSR count). The van der Waals surface area contributed by atoms with E-state index in [1.54, 1.807) is 24.3 Å². The van der Waals surface area contributed by atoms with E-state index in [9.17, 15) is 14.4 Å². The lowest BCUT2D eigenvalue weighted by Gasteiger charge is -2.04. The van der Waals surface area contributed by atoms with Gasteiger partial charge in [0.05, 0.1) is 14.2 Å². The van der Waals surface area contributed by atoms with Crippen LogP contribution in [0.25, 0.3) is 0 Å². The van der Waals surface area contributed by atoms with E-state index in [-0.39, 0.29) is 5.78 Å². The van der Waals surface area contributed by atoms with E-state index in [1.807, 2.05) is 0 Å². The zero-order valence-electron chi connectivity index (χ0n) is 10.7. The van der Waals surface area contributed by atoms with Gasteiger partial charge < -0.3 is 14.2 Å². The van der Waals surface area contributed by atoms with E-state index in [4.69, 9.17) is 4.74 Å². The van der Waals surface area contributed by atoms with E-state index in [2.05, 4.69) is 9.47 Å². The standard InChI is InChI=1S/C13H14O6/c1-17-10-5-3-9(4-6-10)11(14)8-19-13(16)7-12(15)18-2/h3-6H,7-8H2,1-2H3. The summed E-state index contributed by atoms with van der Waals surface area (Å²) in [5.74, 6) is -1.24. The van der Waals surface area contributed by atoms with Gasteiger partial charge in [0.1, 0.15) is 12.2 Å². The van der Waals surface area contributed by atoms with Crippen LogP contribution in [0.5, 0.6) is 5.75 Å². The number of hydrogen-bond acceptors (Lipinski definition) is 6. The lowest BCUT2D eigenvalue weighted by molar-refractivity contribution is -0.152. The maximum Gasteiger partial charge on any atom is 0.317 e. The molecule has 1 aromatic rings. The highest BCUT2D eigenvalue weighted by molar-refractivity contribution is 5.99. The van der Waals surface area contributed by atoms with Crippen LogP contribution >= 0.6 is 0 Å². The third-order valence-electron chi connectivity index (χ3n) is 2.29. The van der Waals surface area contributed by atoms with Crippen molar-refractivity contribution in [3.8, 4) is 5.75 Å². The zero-order valence-corrected chi connectivity index (χ0v) is 10.7. The number of ether oxygens (including phenoxy) is 3. The van der Waals surface area contributed by atoms with Crippen LogP contribution in [0.3, 0.4) is 0 Å². The Hall–Kier alpha value is -2.37. The Balaban J connectivity index is 2.46. The minimum atomic E-state index is -0.797. The van der Waals surface area contributed by atoms with Crippen molar-refractivity contribution in [2.45, 2.75) is 6.42 Å². The fourth-order valence-corrected chi connectivity index (χ4v) is 1.25. The number of rotatable bonds is 6. The van der Waals surface area contributed by atoms with Crippen molar-refractivity contribution in [3.63, 3.8) is 0 Å². The summed E-state index contributed by atoms with van der Waals surface area (Å²) in [6.45, 7) is -0.415. The first kappa shape index (κ1) is 14.7. The molecule has 0 amide bonds. The van der Waals surface area contributed by atoms with Gasteiger partial charge in [0.2, 0.25) is 0 Å². The Morgan fingerprint density at radius 2 is 1.63 bits per heavy atom. The number of hydrogen-bond donors (Lipinski definition) is 0. The number of Topliss-reactive ketones (excluding diaryl/α,β-unsaturated/α-hetero) is 1. The minimum Gasteiger partial charge on any atom is -0.497 e. The number of benzene rings is 1. The molecule has 0 fully saturated rings. The summed E-state index contributed by atoms with van der Waals surface area (Å²) >= 11 is 0. The molecule has 0 heterocycles. The van der Waals surface area contributed by atoms with Gasteiger partial charge in [0.25, 0.3) is 0 Å². The van der Waals surface area contributed by atoms with Gasteiger partial charge in [-0.05, 0) is 24.3 Å². The third-order valence-corrected chi connectivity index (χ3v) is 2.29. The topological polar surface area (TPSA) is 78.9 Å². The van der Waals surface area contributed by atoms with Crippen LogP contribution in [0.2, 0.25) is 0 Å². The summed E-state index contributed by atoms with van der Waals surface area (Å²) in [6, 6.07) is 6.39. The SMILES string of the molecule is COC(=O)CC(=O)OCC(=O)c1ccc(OC)cc1. The van der Waals surface area contributed by atoms with Gasteiger partial charge in [-0.15, -0.1) is 0 Å². The highest BCUT2D eigenvalue weighted by atomic mass is 16.5. The fourth-order valence-electron chi connectivity index (χ4n) is 1.25. The fraction of sp³-hybridized carbons (Fsp3) is 0.308. The molecule has 0 atom stereocenters. The predicted octanol–water partition coefficient (Wildman–Crippen LogP) is 0.984. The highest BCUT2D eigenvalue weighted by Crippen LogP contribution is 2.11. The summed E-state index contributed by atoms with van der Waals surface area (Å²) in [5.41, 5.74) is 0.395. The first-order valence-corrected chi connectivity index (χ1v) is 5.46. The van der Waals surface area contributed by atoms with E-state index >= 15 is 0 Å². The number of esters is 2. The van der Waals surface area contributed by atoms with Crippen LogP contribution in [0.4, 0.5) is 0 Å². The van der Waals surface area contributed by atoms with E-state index in [0.717, 1.165) is 7.11 Å². The van der Waals surface area contributed by atoms with E-state index < -0.39 is 25.0 Å². The molecule has 0 radical (unpaired) electrons. The molecule has 6 heteroatoms. The Morgan fingerprint density at radius 1 is 1.00 bits per heavy atom. The normalized spacial score (nSPS) is 9.58. The van der Waals surface area contributed by atoms with E-state index in [0.29, 0.717) is 11.3 Å². The van der Waals surface area contributed by atoms with Crippen LogP contribution in [0.15, 0.2) is 24.3 Å². The zero-order chi connectivity index (χ0) is 14.3. The maximum atomic E-state index is 11.7. The van der Waals surface area contributed by atoms with Gasteiger partial charge >= 0.3 is 11.9 Å².